The van der Waals surface area contributed by atoms with Crippen LogP contribution in [0.4, 0.5) is 8.78 Å². The molecule has 0 saturated carbocycles. The van der Waals surface area contributed by atoms with Crippen LogP contribution in [-0.2, 0) is 6.61 Å². The Morgan fingerprint density at radius 3 is 2.38 bits per heavy atom. The van der Waals surface area contributed by atoms with Crippen molar-refractivity contribution in [3.05, 3.63) is 59.2 Å². The molecule has 2 aromatic rings. The molecule has 21 heavy (non-hydrogen) atoms. The maximum Gasteiger partial charge on any atom is 0.339 e. The molecule has 0 unspecified atom stereocenters. The number of halogens is 2. The summed E-state index contributed by atoms with van der Waals surface area (Å²) in [5.41, 5.74) is 0.194. The fourth-order valence-corrected chi connectivity index (χ4v) is 1.78. The highest BCUT2D eigenvalue weighted by molar-refractivity contribution is 5.91. The Morgan fingerprint density at radius 1 is 1.14 bits per heavy atom. The second-order valence-corrected chi connectivity index (χ2v) is 4.23. The topological polar surface area (TPSA) is 55.8 Å². The van der Waals surface area contributed by atoms with Crippen molar-refractivity contribution in [2.75, 3.05) is 7.11 Å². The van der Waals surface area contributed by atoms with Crippen molar-refractivity contribution in [2.24, 2.45) is 0 Å². The molecule has 2 rings (SSSR count). The van der Waals surface area contributed by atoms with Gasteiger partial charge in [0.25, 0.3) is 0 Å². The maximum atomic E-state index is 13.1. The first-order chi connectivity index (χ1) is 9.99. The molecule has 0 aliphatic heterocycles. The van der Waals surface area contributed by atoms with Crippen LogP contribution in [0, 0.1) is 11.6 Å². The molecule has 6 heteroatoms. The summed E-state index contributed by atoms with van der Waals surface area (Å²) in [4.78, 5) is 11.1. The molecule has 4 nitrogen and oxygen atoms in total. The minimum absolute atomic E-state index is 0.0616. The number of hydrogen-bond donors (Lipinski definition) is 1. The van der Waals surface area contributed by atoms with Gasteiger partial charge in [0.1, 0.15) is 35.3 Å². The predicted octanol–water partition coefficient (Wildman–Crippen LogP) is 3.25. The quantitative estimate of drug-likeness (QED) is 0.919. The molecule has 0 radical (unpaired) electrons. The number of methoxy groups -OCH3 is 1. The van der Waals surface area contributed by atoms with E-state index in [1.54, 1.807) is 0 Å². The van der Waals surface area contributed by atoms with Crippen LogP contribution >= 0.6 is 0 Å². The summed E-state index contributed by atoms with van der Waals surface area (Å²) in [6, 6.07) is 7.20. The van der Waals surface area contributed by atoms with Crippen molar-refractivity contribution in [3.8, 4) is 11.5 Å². The van der Waals surface area contributed by atoms with Gasteiger partial charge in [-0.2, -0.15) is 0 Å². The summed E-state index contributed by atoms with van der Waals surface area (Å²) in [6.07, 6.45) is 0. The number of carboxylic acid groups (broad SMARTS) is 1. The zero-order valence-electron chi connectivity index (χ0n) is 11.1. The molecule has 0 fully saturated rings. The Balaban J connectivity index is 2.23. The number of aromatic carboxylic acids is 1. The summed E-state index contributed by atoms with van der Waals surface area (Å²) in [7, 11) is 1.43. The molecule has 110 valence electrons. The zero-order valence-corrected chi connectivity index (χ0v) is 11.1. The third-order valence-electron chi connectivity index (χ3n) is 2.74. The van der Waals surface area contributed by atoms with E-state index in [4.69, 9.17) is 14.6 Å². The van der Waals surface area contributed by atoms with Gasteiger partial charge in [0, 0.05) is 12.1 Å². The number of benzene rings is 2. The van der Waals surface area contributed by atoms with Crippen LogP contribution in [0.3, 0.4) is 0 Å². The molecular weight excluding hydrogens is 282 g/mol. The smallest absolute Gasteiger partial charge is 0.339 e. The highest BCUT2D eigenvalue weighted by atomic mass is 19.1. The molecule has 0 saturated heterocycles. The Morgan fingerprint density at radius 2 is 1.81 bits per heavy atom. The first kappa shape index (κ1) is 14.8. The van der Waals surface area contributed by atoms with Gasteiger partial charge in [0.15, 0.2) is 0 Å². The SMILES string of the molecule is COc1ccc(C(=O)O)c(OCc2cc(F)cc(F)c2)c1. The third-order valence-corrected chi connectivity index (χ3v) is 2.74. The Bertz CT molecular complexity index is 650. The lowest BCUT2D eigenvalue weighted by molar-refractivity contribution is 0.0691. The van der Waals surface area contributed by atoms with Gasteiger partial charge >= 0.3 is 5.97 Å². The molecule has 1 N–H and O–H groups in total. The standard InChI is InChI=1S/C15H12F2O4/c1-20-12-2-3-13(15(18)19)14(7-12)21-8-9-4-10(16)6-11(17)5-9/h2-7H,8H2,1H3,(H,18,19). The molecule has 0 aliphatic rings. The van der Waals surface area contributed by atoms with Crippen molar-refractivity contribution >= 4 is 5.97 Å². The number of rotatable bonds is 5. The average Bonchev–Trinajstić information content (AvgIpc) is 2.43. The van der Waals surface area contributed by atoms with Gasteiger partial charge < -0.3 is 14.6 Å². The lowest BCUT2D eigenvalue weighted by atomic mass is 10.2. The van der Waals surface area contributed by atoms with Crippen molar-refractivity contribution in [1.29, 1.82) is 0 Å². The monoisotopic (exact) mass is 294 g/mol. The number of carbonyl (C=O) groups is 1. The number of hydrogen-bond acceptors (Lipinski definition) is 3. The summed E-state index contributed by atoms with van der Waals surface area (Å²) >= 11 is 0. The van der Waals surface area contributed by atoms with Crippen LogP contribution in [0.25, 0.3) is 0 Å². The van der Waals surface area contributed by atoms with Gasteiger partial charge in [-0.1, -0.05) is 0 Å². The molecule has 0 bridgehead atoms. The highest BCUT2D eigenvalue weighted by Crippen LogP contribution is 2.26. The molecular formula is C15H12F2O4. The van der Waals surface area contributed by atoms with E-state index in [1.165, 1.54) is 25.3 Å². The van der Waals surface area contributed by atoms with Crippen molar-refractivity contribution in [2.45, 2.75) is 6.61 Å². The summed E-state index contributed by atoms with van der Waals surface area (Å²) < 4.78 is 36.5. The van der Waals surface area contributed by atoms with Gasteiger partial charge in [0.2, 0.25) is 0 Å². The Labute approximate surface area is 119 Å². The fraction of sp³-hybridized carbons (Fsp3) is 0.133. The fourth-order valence-electron chi connectivity index (χ4n) is 1.78. The van der Waals surface area contributed by atoms with E-state index in [9.17, 15) is 13.6 Å². The van der Waals surface area contributed by atoms with Crippen molar-refractivity contribution in [3.63, 3.8) is 0 Å². The second-order valence-electron chi connectivity index (χ2n) is 4.23. The molecule has 0 atom stereocenters. The van der Waals surface area contributed by atoms with E-state index in [1.807, 2.05) is 0 Å². The first-order valence-corrected chi connectivity index (χ1v) is 5.98. The normalized spacial score (nSPS) is 10.2. The Hall–Kier alpha value is -2.63. The van der Waals surface area contributed by atoms with E-state index >= 15 is 0 Å². The van der Waals surface area contributed by atoms with E-state index in [2.05, 4.69) is 0 Å². The molecule has 0 amide bonds. The van der Waals surface area contributed by atoms with Gasteiger partial charge in [-0.25, -0.2) is 13.6 Å². The maximum absolute atomic E-state index is 13.1. The summed E-state index contributed by atoms with van der Waals surface area (Å²) in [5, 5.41) is 9.07. The van der Waals surface area contributed by atoms with Gasteiger partial charge in [-0.05, 0) is 29.8 Å². The first-order valence-electron chi connectivity index (χ1n) is 5.98. The van der Waals surface area contributed by atoms with Gasteiger partial charge in [0.05, 0.1) is 7.11 Å². The van der Waals surface area contributed by atoms with E-state index in [0.29, 0.717) is 5.75 Å². The third kappa shape index (κ3) is 3.68. The lowest BCUT2D eigenvalue weighted by Crippen LogP contribution is -2.04. The zero-order chi connectivity index (χ0) is 15.4. The van der Waals surface area contributed by atoms with Crippen LogP contribution in [0.2, 0.25) is 0 Å². The van der Waals surface area contributed by atoms with Crippen LogP contribution in [-0.4, -0.2) is 18.2 Å². The van der Waals surface area contributed by atoms with Gasteiger partial charge in [-0.15, -0.1) is 0 Å². The predicted molar refractivity (Wildman–Crippen MR) is 70.6 cm³/mol. The van der Waals surface area contributed by atoms with Crippen molar-refractivity contribution in [1.82, 2.24) is 0 Å². The molecule has 0 aromatic heterocycles. The minimum Gasteiger partial charge on any atom is -0.497 e. The number of ether oxygens (including phenoxy) is 2. The van der Waals surface area contributed by atoms with Crippen LogP contribution in [0.15, 0.2) is 36.4 Å². The molecule has 0 spiro atoms. The Kier molecular flexibility index (Phi) is 4.37. The van der Waals surface area contributed by atoms with E-state index < -0.39 is 17.6 Å². The van der Waals surface area contributed by atoms with Crippen molar-refractivity contribution < 1.29 is 28.2 Å². The second kappa shape index (κ2) is 6.21. The molecule has 0 heterocycles. The average molecular weight is 294 g/mol. The lowest BCUT2D eigenvalue weighted by Gasteiger charge is -2.11. The van der Waals surface area contributed by atoms with Crippen LogP contribution < -0.4 is 9.47 Å². The van der Waals surface area contributed by atoms with Gasteiger partial charge in [-0.3, -0.25) is 0 Å². The van der Waals surface area contributed by atoms with Crippen LogP contribution in [0.5, 0.6) is 11.5 Å². The number of carboxylic acids is 1. The minimum atomic E-state index is -1.17. The largest absolute Gasteiger partial charge is 0.497 e. The highest BCUT2D eigenvalue weighted by Gasteiger charge is 2.13. The molecule has 0 aliphatic carbocycles. The van der Waals surface area contributed by atoms with E-state index in [0.717, 1.165) is 18.2 Å². The van der Waals surface area contributed by atoms with E-state index in [-0.39, 0.29) is 23.5 Å². The molecule has 2 aromatic carbocycles. The summed E-state index contributed by atoms with van der Waals surface area (Å²) in [6.45, 7) is -0.165. The van der Waals surface area contributed by atoms with Crippen LogP contribution in [0.1, 0.15) is 15.9 Å². The summed E-state index contributed by atoms with van der Waals surface area (Å²) in [5.74, 6) is -2.14.